The molecule has 0 aliphatic rings. The van der Waals surface area contributed by atoms with Crippen LogP contribution in [0.3, 0.4) is 0 Å². The quantitative estimate of drug-likeness (QED) is 0.843. The normalized spacial score (nSPS) is 10.8. The van der Waals surface area contributed by atoms with Crippen LogP contribution in [0.15, 0.2) is 41.0 Å². The van der Waals surface area contributed by atoms with Gasteiger partial charge in [0.15, 0.2) is 0 Å². The fourth-order valence-electron chi connectivity index (χ4n) is 2.30. The molecule has 1 aromatic heterocycles. The summed E-state index contributed by atoms with van der Waals surface area (Å²) < 4.78 is 5.35. The Kier molecular flexibility index (Phi) is 4.28. The van der Waals surface area contributed by atoms with E-state index in [0.29, 0.717) is 17.9 Å². The molecule has 1 heterocycles. The van der Waals surface area contributed by atoms with E-state index in [0.717, 1.165) is 11.1 Å². The summed E-state index contributed by atoms with van der Waals surface area (Å²) in [4.78, 5) is 14.6. The van der Waals surface area contributed by atoms with Crippen LogP contribution in [0.4, 0.5) is 0 Å². The first-order chi connectivity index (χ1) is 9.50. The number of aryl methyl sites for hydroxylation is 2. The highest BCUT2D eigenvalue weighted by atomic mass is 16.3. The molecule has 0 fully saturated rings. The highest BCUT2D eigenvalue weighted by molar-refractivity contribution is 5.96. The van der Waals surface area contributed by atoms with Crippen LogP contribution in [0.1, 0.15) is 41.1 Å². The van der Waals surface area contributed by atoms with Crippen LogP contribution in [-0.2, 0) is 6.54 Å². The van der Waals surface area contributed by atoms with E-state index in [2.05, 4.69) is 0 Å². The first-order valence-electron chi connectivity index (χ1n) is 6.90. The van der Waals surface area contributed by atoms with Crippen molar-refractivity contribution >= 4 is 5.91 Å². The minimum absolute atomic E-state index is 0.0348. The summed E-state index contributed by atoms with van der Waals surface area (Å²) >= 11 is 0. The van der Waals surface area contributed by atoms with Crippen molar-refractivity contribution in [3.05, 3.63) is 59.0 Å². The summed E-state index contributed by atoms with van der Waals surface area (Å²) in [7, 11) is 0. The predicted octanol–water partition coefficient (Wildman–Crippen LogP) is 3.95. The number of carbonyl (C=O) groups is 1. The van der Waals surface area contributed by atoms with Gasteiger partial charge in [-0.1, -0.05) is 30.3 Å². The maximum Gasteiger partial charge on any atom is 0.258 e. The molecule has 0 radical (unpaired) electrons. The van der Waals surface area contributed by atoms with Gasteiger partial charge in [-0.3, -0.25) is 4.79 Å². The first-order valence-corrected chi connectivity index (χ1v) is 6.90. The molecule has 0 atom stereocenters. The van der Waals surface area contributed by atoms with Crippen LogP contribution in [0.5, 0.6) is 0 Å². The van der Waals surface area contributed by atoms with E-state index in [4.69, 9.17) is 4.42 Å². The van der Waals surface area contributed by atoms with Gasteiger partial charge in [-0.25, -0.2) is 0 Å². The van der Waals surface area contributed by atoms with Crippen LogP contribution in [0.25, 0.3) is 0 Å². The van der Waals surface area contributed by atoms with Crippen molar-refractivity contribution in [2.45, 2.75) is 40.3 Å². The summed E-state index contributed by atoms with van der Waals surface area (Å²) in [6, 6.07) is 10.2. The van der Waals surface area contributed by atoms with Crippen LogP contribution in [0, 0.1) is 13.8 Å². The molecule has 3 nitrogen and oxygen atoms in total. The average molecular weight is 271 g/mol. The number of hydrogen-bond donors (Lipinski definition) is 0. The van der Waals surface area contributed by atoms with Gasteiger partial charge >= 0.3 is 0 Å². The molecule has 1 aromatic carbocycles. The lowest BCUT2D eigenvalue weighted by Crippen LogP contribution is -2.36. The Morgan fingerprint density at radius 3 is 2.35 bits per heavy atom. The second-order valence-electron chi connectivity index (χ2n) is 5.36. The largest absolute Gasteiger partial charge is 0.469 e. The van der Waals surface area contributed by atoms with Crippen molar-refractivity contribution in [3.8, 4) is 0 Å². The molecular formula is C17H21NO2. The number of furan rings is 1. The molecular weight excluding hydrogens is 250 g/mol. The molecule has 0 saturated carbocycles. The third-order valence-electron chi connectivity index (χ3n) is 3.45. The van der Waals surface area contributed by atoms with E-state index in [9.17, 15) is 4.79 Å². The second-order valence-corrected chi connectivity index (χ2v) is 5.36. The van der Waals surface area contributed by atoms with Crippen molar-refractivity contribution in [2.24, 2.45) is 0 Å². The van der Waals surface area contributed by atoms with Crippen LogP contribution in [-0.4, -0.2) is 16.8 Å². The zero-order valence-electron chi connectivity index (χ0n) is 12.5. The average Bonchev–Trinajstić information content (AvgIpc) is 2.76. The molecule has 0 spiro atoms. The van der Waals surface area contributed by atoms with Gasteiger partial charge in [0.2, 0.25) is 0 Å². The number of hydrogen-bond acceptors (Lipinski definition) is 2. The summed E-state index contributed by atoms with van der Waals surface area (Å²) in [5.41, 5.74) is 2.72. The molecule has 3 heteroatoms. The molecule has 2 aromatic rings. The van der Waals surface area contributed by atoms with Crippen molar-refractivity contribution in [1.82, 2.24) is 4.90 Å². The topological polar surface area (TPSA) is 33.5 Å². The van der Waals surface area contributed by atoms with Gasteiger partial charge in [0.25, 0.3) is 5.91 Å². The summed E-state index contributed by atoms with van der Waals surface area (Å²) in [6.45, 7) is 8.42. The molecule has 0 unspecified atom stereocenters. The number of rotatable bonds is 4. The van der Waals surface area contributed by atoms with E-state index in [1.54, 1.807) is 6.26 Å². The van der Waals surface area contributed by atoms with Gasteiger partial charge in [0.1, 0.15) is 5.76 Å². The minimum atomic E-state index is 0.0348. The maximum atomic E-state index is 12.8. The van der Waals surface area contributed by atoms with Gasteiger partial charge in [0, 0.05) is 18.2 Å². The third-order valence-corrected chi connectivity index (χ3v) is 3.45. The first kappa shape index (κ1) is 14.4. The summed E-state index contributed by atoms with van der Waals surface area (Å²) in [5, 5.41) is 0. The monoisotopic (exact) mass is 271 g/mol. The van der Waals surface area contributed by atoms with Crippen molar-refractivity contribution < 1.29 is 9.21 Å². The van der Waals surface area contributed by atoms with Gasteiger partial charge in [-0.2, -0.15) is 0 Å². The highest BCUT2D eigenvalue weighted by Gasteiger charge is 2.24. The van der Waals surface area contributed by atoms with E-state index in [1.165, 1.54) is 0 Å². The SMILES string of the molecule is Cc1coc(C)c1C(=O)N(Cc1ccccc1)C(C)C. The molecule has 0 aliphatic carbocycles. The van der Waals surface area contributed by atoms with Crippen LogP contribution in [0.2, 0.25) is 0 Å². The highest BCUT2D eigenvalue weighted by Crippen LogP contribution is 2.20. The molecule has 0 bridgehead atoms. The van der Waals surface area contributed by atoms with Crippen molar-refractivity contribution in [2.75, 3.05) is 0 Å². The molecule has 2 rings (SSSR count). The van der Waals surface area contributed by atoms with E-state index >= 15 is 0 Å². The Bertz CT molecular complexity index is 565. The predicted molar refractivity (Wildman–Crippen MR) is 79.6 cm³/mol. The Hall–Kier alpha value is -2.03. The maximum absolute atomic E-state index is 12.8. The number of amides is 1. The van der Waals surface area contributed by atoms with Gasteiger partial charge in [-0.05, 0) is 33.3 Å². The fraction of sp³-hybridized carbons (Fsp3) is 0.353. The van der Waals surface area contributed by atoms with E-state index < -0.39 is 0 Å². The van der Waals surface area contributed by atoms with Crippen LogP contribution >= 0.6 is 0 Å². The van der Waals surface area contributed by atoms with Gasteiger partial charge in [0.05, 0.1) is 11.8 Å². The standard InChI is InChI=1S/C17H21NO2/c1-12(2)18(10-15-8-6-5-7-9-15)17(19)16-13(3)11-20-14(16)4/h5-9,11-12H,10H2,1-4H3. The van der Waals surface area contributed by atoms with Crippen molar-refractivity contribution in [3.63, 3.8) is 0 Å². The summed E-state index contributed by atoms with van der Waals surface area (Å²) in [5.74, 6) is 0.721. The zero-order valence-corrected chi connectivity index (χ0v) is 12.5. The summed E-state index contributed by atoms with van der Waals surface area (Å²) in [6.07, 6.45) is 1.64. The number of carbonyl (C=O) groups excluding carboxylic acids is 1. The minimum Gasteiger partial charge on any atom is -0.469 e. The Balaban J connectivity index is 2.28. The smallest absolute Gasteiger partial charge is 0.258 e. The third kappa shape index (κ3) is 2.93. The van der Waals surface area contributed by atoms with Crippen molar-refractivity contribution in [1.29, 1.82) is 0 Å². The zero-order chi connectivity index (χ0) is 14.7. The Labute approximate surface area is 120 Å². The van der Waals surface area contributed by atoms with E-state index in [1.807, 2.05) is 62.9 Å². The van der Waals surface area contributed by atoms with Gasteiger partial charge in [-0.15, -0.1) is 0 Å². The van der Waals surface area contributed by atoms with E-state index in [-0.39, 0.29) is 11.9 Å². The molecule has 20 heavy (non-hydrogen) atoms. The molecule has 0 saturated heterocycles. The lowest BCUT2D eigenvalue weighted by Gasteiger charge is -2.27. The number of benzene rings is 1. The fourth-order valence-corrected chi connectivity index (χ4v) is 2.30. The van der Waals surface area contributed by atoms with Gasteiger partial charge < -0.3 is 9.32 Å². The Morgan fingerprint density at radius 1 is 1.20 bits per heavy atom. The molecule has 1 amide bonds. The molecule has 0 N–H and O–H groups in total. The second kappa shape index (κ2) is 5.95. The Morgan fingerprint density at radius 2 is 1.85 bits per heavy atom. The van der Waals surface area contributed by atoms with Crippen LogP contribution < -0.4 is 0 Å². The lowest BCUT2D eigenvalue weighted by atomic mass is 10.1. The molecule has 106 valence electrons. The molecule has 0 aliphatic heterocycles. The lowest BCUT2D eigenvalue weighted by molar-refractivity contribution is 0.0688. The number of nitrogens with zero attached hydrogens (tertiary/aromatic N) is 1.